The summed E-state index contributed by atoms with van der Waals surface area (Å²) in [6.07, 6.45) is -11.4. The summed E-state index contributed by atoms with van der Waals surface area (Å²) in [6.45, 7) is 23.9. The third-order valence-electron chi connectivity index (χ3n) is 29.9. The summed E-state index contributed by atoms with van der Waals surface area (Å²) < 4.78 is 271. The van der Waals surface area contributed by atoms with E-state index in [-0.39, 0.29) is 117 Å². The highest BCUT2D eigenvalue weighted by atomic mass is 79.9. The van der Waals surface area contributed by atoms with Crippen LogP contribution in [0.2, 0.25) is 0 Å². The molecule has 3 spiro atoms. The summed E-state index contributed by atoms with van der Waals surface area (Å²) in [5, 5.41) is 9.28. The summed E-state index contributed by atoms with van der Waals surface area (Å²) in [6, 6.07) is 29.3. The lowest BCUT2D eigenvalue weighted by Crippen LogP contribution is -2.53. The molecule has 0 atom stereocenters. The minimum atomic E-state index is -6.47. The van der Waals surface area contributed by atoms with Gasteiger partial charge in [-0.25, -0.2) is 0 Å². The van der Waals surface area contributed by atoms with E-state index in [9.17, 15) is 121 Å². The van der Waals surface area contributed by atoms with Gasteiger partial charge in [0.25, 0.3) is 22.9 Å². The summed E-state index contributed by atoms with van der Waals surface area (Å²) >= 11 is 6.82. The number of amides is 5. The average Bonchev–Trinajstić information content (AvgIpc) is 1.61. The van der Waals surface area contributed by atoms with Gasteiger partial charge in [0.1, 0.15) is 6.61 Å². The van der Waals surface area contributed by atoms with E-state index in [1.807, 2.05) is 147 Å². The maximum absolute atomic E-state index is 14.0. The first kappa shape index (κ1) is 118. The lowest BCUT2D eigenvalue weighted by Gasteiger charge is -2.39. The molecule has 2 aromatic heterocycles. The Morgan fingerprint density at radius 2 is 0.832 bits per heavy atom. The number of pyridine rings is 2. The molecule has 5 amide bonds. The number of likely N-dealkylation sites (tertiary alicyclic amines) is 2. The van der Waals surface area contributed by atoms with Crippen LogP contribution in [0.25, 0.3) is 11.1 Å². The second kappa shape index (κ2) is 45.2. The molecule has 0 saturated carbocycles. The van der Waals surface area contributed by atoms with Gasteiger partial charge in [0.2, 0.25) is 17.7 Å². The number of carbonyl (C=O) groups is 5. The van der Waals surface area contributed by atoms with E-state index in [0.717, 1.165) is 169 Å². The topological polar surface area (TPSA) is 290 Å². The number of aromatic nitrogens is 2. The number of halogens is 20. The normalized spacial score (nSPS) is 19.0. The van der Waals surface area contributed by atoms with E-state index in [2.05, 4.69) is 97.7 Å². The molecular weight excluding hydrogens is 2150 g/mol. The minimum Gasteiger partial charge on any atom is -0.399 e. The second-order valence-electron chi connectivity index (χ2n) is 39.9. The summed E-state index contributed by atoms with van der Waals surface area (Å²) in [4.78, 5) is 109. The van der Waals surface area contributed by atoms with Crippen LogP contribution in [0.15, 0.2) is 110 Å². The van der Waals surface area contributed by atoms with Crippen LogP contribution in [0.5, 0.6) is 0 Å². The number of hydrogen-bond donors (Lipinski definition) is 5. The highest BCUT2D eigenvalue weighted by Crippen LogP contribution is 2.54. The first-order valence-corrected chi connectivity index (χ1v) is 51.5. The van der Waals surface area contributed by atoms with Gasteiger partial charge in [0, 0.05) is 157 Å². The van der Waals surface area contributed by atoms with Gasteiger partial charge in [-0.2, -0.15) is 87.4 Å². The molecule has 5 aromatic carbocycles. The predicted octanol–water partition coefficient (Wildman–Crippen LogP) is 18.0. The van der Waals surface area contributed by atoms with Gasteiger partial charge in [0.05, 0.1) is 40.5 Å². The van der Waals surface area contributed by atoms with Crippen molar-refractivity contribution in [3.05, 3.63) is 193 Å². The van der Waals surface area contributed by atoms with E-state index >= 15 is 0 Å². The fraction of sp³-hybridized carbons (Fsp3) is 0.554. The molecule has 26 nitrogen and oxygen atoms in total. The maximum Gasteiger partial charge on any atom is 0.523 e. The first-order valence-electron chi connectivity index (χ1n) is 48.5. The van der Waals surface area contributed by atoms with Gasteiger partial charge in [-0.1, -0.05) is 56.1 Å². The van der Waals surface area contributed by atoms with Gasteiger partial charge in [-0.3, -0.25) is 47.5 Å². The Kier molecular flexibility index (Phi) is 35.8. The molecule has 11 heterocycles. The number of anilines is 5. The van der Waals surface area contributed by atoms with Crippen LogP contribution in [0.3, 0.4) is 0 Å². The lowest BCUT2D eigenvalue weighted by atomic mass is 9.73. The number of fused-ring (bicyclic) bond motifs is 6. The Morgan fingerprint density at radius 3 is 1.19 bits per heavy atom. The SMILES string of the molecule is CCN(c1cc(-c2ccc3c(c2)N(C)C(=O)C32CCN(CC(F)(F)C(F)(F)F)CC2)cc(C(=O)NCc2c(C)cc(C)[nH]c2=O)c1C)C1CCOCC1.CCN(c1cc(B2OC(C)(C)C(C)(C)O2)cc(C(=O)NCc2c(C)cc(C)[nH]c2=O)c1C)C1CCOCC1.CN1C(=O)C2(CCN(CC(F)(F)C(F)(F)F)CC2)c2ccc(Br)cc21.CN1C(=O)C2(CCNCC2)c2ccc(Br)cc21.O=S(=O)(OCC(F)(F)C(F)(F)F)C(F)(F)F. The average molecular weight is 2270 g/mol. The van der Waals surface area contributed by atoms with Crippen LogP contribution < -0.4 is 57.0 Å². The van der Waals surface area contributed by atoms with Crippen molar-refractivity contribution in [2.45, 2.75) is 242 Å². The number of benzene rings is 5. The molecule has 9 aliphatic heterocycles. The summed E-state index contributed by atoms with van der Waals surface area (Å²) in [5.74, 6) is -16.0. The van der Waals surface area contributed by atoms with Crippen LogP contribution in [0.1, 0.15) is 188 Å². The summed E-state index contributed by atoms with van der Waals surface area (Å²) in [7, 11) is -1.90. The van der Waals surface area contributed by atoms with Crippen LogP contribution in [-0.2, 0) is 76.8 Å². The number of aryl methyl sites for hydroxylation is 4. The third kappa shape index (κ3) is 24.9. The molecule has 48 heteroatoms. The first-order chi connectivity index (χ1) is 69.1. The van der Waals surface area contributed by atoms with E-state index in [4.69, 9.17) is 18.8 Å². The molecule has 0 radical (unpaired) electrons. The molecular formula is C101H121BBr2F18N12O14S. The summed E-state index contributed by atoms with van der Waals surface area (Å²) in [5.41, 5.74) is 6.53. The molecule has 6 saturated heterocycles. The lowest BCUT2D eigenvalue weighted by molar-refractivity contribution is -0.290. The van der Waals surface area contributed by atoms with Gasteiger partial charge in [0.15, 0.2) is 0 Å². The molecule has 7 aromatic rings. The van der Waals surface area contributed by atoms with Crippen molar-refractivity contribution >= 4 is 113 Å². The Bertz CT molecular complexity index is 6340. The van der Waals surface area contributed by atoms with Gasteiger partial charge in [-0.15, -0.1) is 0 Å². The number of nitrogens with one attached hydrogen (secondary N) is 5. The van der Waals surface area contributed by atoms with Crippen molar-refractivity contribution in [3.63, 3.8) is 0 Å². The van der Waals surface area contributed by atoms with Crippen molar-refractivity contribution < 1.29 is 134 Å². The molecule has 9 aliphatic rings. The monoisotopic (exact) mass is 2270 g/mol. The molecule has 0 bridgehead atoms. The molecule has 0 aliphatic carbocycles. The van der Waals surface area contributed by atoms with Crippen LogP contribution in [0, 0.1) is 41.5 Å². The minimum absolute atomic E-state index is 0.0146. The second-order valence-corrected chi connectivity index (χ2v) is 43.4. The van der Waals surface area contributed by atoms with Gasteiger partial charge < -0.3 is 69.2 Å². The zero-order chi connectivity index (χ0) is 110. The Balaban J connectivity index is 0.000000178. The third-order valence-corrected chi connectivity index (χ3v) is 31.8. The Morgan fingerprint density at radius 1 is 0.477 bits per heavy atom. The number of piperidine rings is 3. The molecule has 149 heavy (non-hydrogen) atoms. The predicted molar refractivity (Wildman–Crippen MR) is 534 cm³/mol. The number of hydrogen-bond acceptors (Lipinski definition) is 19. The van der Waals surface area contributed by atoms with Crippen molar-refractivity contribution in [2.24, 2.45) is 0 Å². The van der Waals surface area contributed by atoms with Gasteiger partial charge in [-0.05, 0) is 309 Å². The molecule has 16 rings (SSSR count). The molecule has 818 valence electrons. The smallest absolute Gasteiger partial charge is 0.399 e. The number of H-pyrrole nitrogens is 2. The fourth-order valence-corrected chi connectivity index (χ4v) is 21.8. The number of aromatic amines is 2. The van der Waals surface area contributed by atoms with Gasteiger partial charge >= 0.3 is 59.0 Å². The highest BCUT2D eigenvalue weighted by Gasteiger charge is 2.64. The van der Waals surface area contributed by atoms with Crippen LogP contribution in [0.4, 0.5) is 107 Å². The zero-order valence-corrected chi connectivity index (χ0v) is 88.8. The van der Waals surface area contributed by atoms with E-state index < -0.39 is 101 Å². The number of nitrogens with zero attached hydrogens (tertiary/aromatic N) is 7. The fourth-order valence-electron chi connectivity index (χ4n) is 20.7. The largest absolute Gasteiger partial charge is 0.523 e. The van der Waals surface area contributed by atoms with E-state index in [1.54, 1.807) is 27.1 Å². The quantitative estimate of drug-likeness (QED) is 0.0193. The molecule has 6 fully saturated rings. The number of rotatable bonds is 21. The number of likely N-dealkylation sites (N-methyl/N-ethyl adjacent to an activating group) is 3. The number of carbonyl (C=O) groups excluding carboxylic acids is 5. The standard InChI is InChI=1S/C39H46F5N5O4.C29H42BN3O5.C16H16BrF5N2O.C13H15BrN2O.C4H2F8O3S/c1-6-49(28-9-15-53-16-10-28)32-20-27(18-29(25(32)4)34(50)45-21-30-23(2)17-24(3)46-35(30)51)26-7-8-31-33(19-26)47(5)36(52)37(31)11-13-48(14-12-37)22-38(40,41)39(42,43)44;1-9-33(22-10-12-36-13-11-22)25-16-21(30-37-28(5,6)29(7,8)38-30)15-23(20(25)4)26(34)31-17-24-18(2)14-19(3)32-27(24)35;1-23-12-8-10(17)2-3-11(12)14(13(23)25)4-6-24(7-5-14)9-15(18,19)16(20,21)22;1-16-11-8-9(14)2-3-10(11)13(12(16)17)4-6-15-7-5-13;5-2(6,3(7,8)9)1-15-16(13,14)4(10,11)12/h7-8,17-20,28H,6,9-16,21-22H2,1-5H3,(H,45,50)(H,46,51);14-16,22H,9-13,17H2,1-8H3,(H,31,34)(H,32,35);2-3,8H,4-7,9H2,1H3;2-3,8,15H,4-7H2,1H3;1H2. The van der Waals surface area contributed by atoms with Crippen molar-refractivity contribution in [1.82, 2.24) is 35.7 Å². The zero-order valence-electron chi connectivity index (χ0n) is 84.8. The Hall–Kier alpha value is -9.66. The van der Waals surface area contributed by atoms with Crippen molar-refractivity contribution in [2.75, 3.05) is 144 Å². The maximum atomic E-state index is 14.0. The van der Waals surface area contributed by atoms with Crippen LogP contribution in [-0.4, -0.2) is 250 Å². The van der Waals surface area contributed by atoms with Crippen LogP contribution >= 0.6 is 31.9 Å². The van der Waals surface area contributed by atoms with Crippen molar-refractivity contribution in [1.29, 1.82) is 0 Å². The van der Waals surface area contributed by atoms with E-state index in [1.165, 1.54) is 15.4 Å². The highest BCUT2D eigenvalue weighted by molar-refractivity contribution is 9.10. The molecule has 5 N–H and O–H groups in total. The number of alkyl halides is 18. The van der Waals surface area contributed by atoms with E-state index in [0.29, 0.717) is 59.3 Å². The molecule has 0 unspecified atom stereocenters. The van der Waals surface area contributed by atoms with Crippen molar-refractivity contribution in [3.8, 4) is 11.1 Å². The number of ether oxygens (including phenoxy) is 2. The Labute approximate surface area is 868 Å².